The summed E-state index contributed by atoms with van der Waals surface area (Å²) >= 11 is 0. The van der Waals surface area contributed by atoms with Gasteiger partial charge >= 0.3 is 0 Å². The van der Waals surface area contributed by atoms with E-state index in [9.17, 15) is 10.1 Å². The summed E-state index contributed by atoms with van der Waals surface area (Å²) in [5.41, 5.74) is 8.67. The maximum absolute atomic E-state index is 11.3. The van der Waals surface area contributed by atoms with Crippen molar-refractivity contribution in [2.75, 3.05) is 6.54 Å². The third-order valence-corrected chi connectivity index (χ3v) is 5.79. The number of aryl methyl sites for hydroxylation is 1. The predicted molar refractivity (Wildman–Crippen MR) is 81.0 cm³/mol. The zero-order valence-electron chi connectivity index (χ0n) is 12.8. The van der Waals surface area contributed by atoms with E-state index < -0.39 is 0 Å². The van der Waals surface area contributed by atoms with E-state index in [1.165, 1.54) is 19.3 Å². The van der Waals surface area contributed by atoms with Crippen molar-refractivity contribution >= 4 is 5.69 Å². The number of fused-ring (bicyclic) bond motifs is 2. The molecule has 2 aliphatic rings. The van der Waals surface area contributed by atoms with Crippen LogP contribution in [0.5, 0.6) is 0 Å². The Labute approximate surface area is 125 Å². The quantitative estimate of drug-likeness (QED) is 0.682. The minimum absolute atomic E-state index is 0.115. The van der Waals surface area contributed by atoms with Crippen LogP contribution in [0.25, 0.3) is 0 Å². The summed E-state index contributed by atoms with van der Waals surface area (Å²) in [5.74, 6) is 1.48. The number of nitrogens with zero attached hydrogens (tertiary/aromatic N) is 2. The lowest BCUT2D eigenvalue weighted by Crippen LogP contribution is -2.38. The van der Waals surface area contributed by atoms with E-state index in [4.69, 9.17) is 5.73 Å². The van der Waals surface area contributed by atoms with Crippen LogP contribution in [0.15, 0.2) is 6.20 Å². The predicted octanol–water partition coefficient (Wildman–Crippen LogP) is 2.91. The number of nitro groups is 1. The van der Waals surface area contributed by atoms with E-state index in [-0.39, 0.29) is 16.0 Å². The van der Waals surface area contributed by atoms with Crippen LogP contribution < -0.4 is 5.73 Å². The van der Waals surface area contributed by atoms with E-state index in [2.05, 4.69) is 4.98 Å². The monoisotopic (exact) mass is 289 g/mol. The van der Waals surface area contributed by atoms with Crippen LogP contribution in [0, 0.1) is 41.2 Å². The molecule has 5 nitrogen and oxygen atoms in total. The van der Waals surface area contributed by atoms with E-state index >= 15 is 0 Å². The van der Waals surface area contributed by atoms with E-state index in [1.807, 2.05) is 6.92 Å². The third kappa shape index (κ3) is 2.24. The molecule has 2 N–H and O–H groups in total. The fraction of sp³-hybridized carbons (Fsp3) is 0.688. The van der Waals surface area contributed by atoms with Gasteiger partial charge in [0.2, 0.25) is 0 Å². The SMILES string of the molecule is Cc1cnc(CC2(CN)CC3CCC2C3)c(C)c1[N+](=O)[O-]. The smallest absolute Gasteiger partial charge is 0.278 e. The Hall–Kier alpha value is -1.49. The van der Waals surface area contributed by atoms with Crippen molar-refractivity contribution < 1.29 is 4.92 Å². The van der Waals surface area contributed by atoms with Crippen LogP contribution >= 0.6 is 0 Å². The van der Waals surface area contributed by atoms with Gasteiger partial charge < -0.3 is 5.73 Å². The first-order valence-corrected chi connectivity index (χ1v) is 7.76. The zero-order valence-corrected chi connectivity index (χ0v) is 12.8. The Kier molecular flexibility index (Phi) is 3.48. The number of aromatic nitrogens is 1. The van der Waals surface area contributed by atoms with Crippen LogP contribution in [-0.4, -0.2) is 16.5 Å². The lowest BCUT2D eigenvalue weighted by atomic mass is 9.69. The highest BCUT2D eigenvalue weighted by Crippen LogP contribution is 2.56. The Bertz CT molecular complexity index is 587. The molecule has 3 rings (SSSR count). The molecular formula is C16H23N3O2. The van der Waals surface area contributed by atoms with Gasteiger partial charge in [0.15, 0.2) is 0 Å². The average Bonchev–Trinajstić information content (AvgIpc) is 3.03. The molecule has 2 fully saturated rings. The van der Waals surface area contributed by atoms with Gasteiger partial charge in [-0.2, -0.15) is 0 Å². The van der Waals surface area contributed by atoms with Gasteiger partial charge in [0, 0.05) is 17.3 Å². The Morgan fingerprint density at radius 2 is 2.24 bits per heavy atom. The van der Waals surface area contributed by atoms with Gasteiger partial charge in [0.05, 0.1) is 10.6 Å². The molecule has 3 atom stereocenters. The Morgan fingerprint density at radius 1 is 1.48 bits per heavy atom. The standard InChI is InChI=1S/C16H23N3O2/c1-10-8-18-14(11(2)15(10)19(20)21)7-16(9-17)6-12-3-4-13(16)5-12/h8,12-13H,3-7,9,17H2,1-2H3. The molecule has 5 heteroatoms. The van der Waals surface area contributed by atoms with Crippen molar-refractivity contribution in [1.82, 2.24) is 4.98 Å². The summed E-state index contributed by atoms with van der Waals surface area (Å²) in [4.78, 5) is 15.5. The van der Waals surface area contributed by atoms with Crippen molar-refractivity contribution in [3.63, 3.8) is 0 Å². The minimum atomic E-state index is -0.286. The van der Waals surface area contributed by atoms with Gasteiger partial charge in [0.25, 0.3) is 5.69 Å². The molecule has 0 aromatic carbocycles. The molecule has 1 aromatic heterocycles. The number of rotatable bonds is 4. The first kappa shape index (κ1) is 14.4. The van der Waals surface area contributed by atoms with Gasteiger partial charge in [-0.1, -0.05) is 6.42 Å². The van der Waals surface area contributed by atoms with Gasteiger partial charge in [0.1, 0.15) is 0 Å². The molecule has 1 heterocycles. The zero-order chi connectivity index (χ0) is 15.2. The first-order valence-electron chi connectivity index (χ1n) is 7.76. The first-order chi connectivity index (χ1) is 9.97. The molecule has 2 aliphatic carbocycles. The molecule has 1 aromatic rings. The number of hydrogen-bond acceptors (Lipinski definition) is 4. The van der Waals surface area contributed by atoms with Crippen molar-refractivity contribution in [3.05, 3.63) is 33.1 Å². The van der Waals surface area contributed by atoms with Gasteiger partial charge in [-0.3, -0.25) is 15.1 Å². The largest absolute Gasteiger partial charge is 0.330 e. The van der Waals surface area contributed by atoms with Crippen molar-refractivity contribution in [3.8, 4) is 0 Å². The van der Waals surface area contributed by atoms with Crippen LogP contribution in [0.3, 0.4) is 0 Å². The molecule has 2 saturated carbocycles. The summed E-state index contributed by atoms with van der Waals surface area (Å²) in [5, 5.41) is 11.3. The highest BCUT2D eigenvalue weighted by molar-refractivity contribution is 5.47. The van der Waals surface area contributed by atoms with Crippen molar-refractivity contribution in [2.45, 2.75) is 46.0 Å². The summed E-state index contributed by atoms with van der Waals surface area (Å²) in [6.45, 7) is 4.24. The maximum Gasteiger partial charge on any atom is 0.278 e. The molecule has 114 valence electrons. The maximum atomic E-state index is 11.3. The summed E-state index contributed by atoms with van der Waals surface area (Å²) in [6, 6.07) is 0. The second-order valence-corrected chi connectivity index (χ2v) is 6.94. The van der Waals surface area contributed by atoms with Crippen LogP contribution in [-0.2, 0) is 6.42 Å². The summed E-state index contributed by atoms with van der Waals surface area (Å²) in [6.07, 6.45) is 7.46. The minimum Gasteiger partial charge on any atom is -0.330 e. The van der Waals surface area contributed by atoms with E-state index in [1.54, 1.807) is 13.1 Å². The van der Waals surface area contributed by atoms with E-state index in [0.717, 1.165) is 30.0 Å². The van der Waals surface area contributed by atoms with E-state index in [0.29, 0.717) is 18.0 Å². The number of pyridine rings is 1. The number of nitrogens with two attached hydrogens (primary N) is 1. The topological polar surface area (TPSA) is 82.0 Å². The van der Waals surface area contributed by atoms with Crippen molar-refractivity contribution in [1.29, 1.82) is 0 Å². The number of hydrogen-bond donors (Lipinski definition) is 1. The molecule has 21 heavy (non-hydrogen) atoms. The van der Waals surface area contributed by atoms with Crippen molar-refractivity contribution in [2.24, 2.45) is 23.0 Å². The summed E-state index contributed by atoms with van der Waals surface area (Å²) < 4.78 is 0. The van der Waals surface area contributed by atoms with Crippen LogP contribution in [0.2, 0.25) is 0 Å². The van der Waals surface area contributed by atoms with Crippen LogP contribution in [0.4, 0.5) is 5.69 Å². The molecule has 3 unspecified atom stereocenters. The molecular weight excluding hydrogens is 266 g/mol. The molecule has 0 saturated heterocycles. The molecule has 0 amide bonds. The van der Waals surface area contributed by atoms with Gasteiger partial charge in [-0.15, -0.1) is 0 Å². The highest BCUT2D eigenvalue weighted by atomic mass is 16.6. The molecule has 2 bridgehead atoms. The lowest BCUT2D eigenvalue weighted by Gasteiger charge is -2.37. The lowest BCUT2D eigenvalue weighted by molar-refractivity contribution is -0.386. The molecule has 0 radical (unpaired) electrons. The Balaban J connectivity index is 1.95. The highest BCUT2D eigenvalue weighted by Gasteiger charge is 2.50. The fourth-order valence-electron chi connectivity index (χ4n) is 4.65. The third-order valence-electron chi connectivity index (χ3n) is 5.79. The average molecular weight is 289 g/mol. The molecule has 0 aliphatic heterocycles. The van der Waals surface area contributed by atoms with Gasteiger partial charge in [-0.25, -0.2) is 0 Å². The fourth-order valence-corrected chi connectivity index (χ4v) is 4.65. The van der Waals surface area contributed by atoms with Gasteiger partial charge in [-0.05, 0) is 63.3 Å². The second-order valence-electron chi connectivity index (χ2n) is 6.94. The summed E-state index contributed by atoms with van der Waals surface area (Å²) in [7, 11) is 0. The molecule has 0 spiro atoms. The Morgan fingerprint density at radius 3 is 2.76 bits per heavy atom. The van der Waals surface area contributed by atoms with Crippen LogP contribution in [0.1, 0.15) is 42.5 Å². The normalized spacial score (nSPS) is 30.8. The second kappa shape index (κ2) is 5.05.